The van der Waals surface area contributed by atoms with Crippen LogP contribution < -0.4 is 10.6 Å². The van der Waals surface area contributed by atoms with Crippen molar-refractivity contribution in [2.75, 3.05) is 10.6 Å². The van der Waals surface area contributed by atoms with Gasteiger partial charge >= 0.3 is 0 Å². The molecule has 0 bridgehead atoms. The lowest BCUT2D eigenvalue weighted by Crippen LogP contribution is -2.12. The van der Waals surface area contributed by atoms with Crippen LogP contribution in [-0.4, -0.2) is 19.4 Å². The van der Waals surface area contributed by atoms with Crippen molar-refractivity contribution in [3.8, 4) is 5.69 Å². The Balaban J connectivity index is 0.000000164. The topological polar surface area (TPSA) is 67.9 Å². The fraction of sp³-hybridized carbons (Fsp3) is 0.0143. The van der Waals surface area contributed by atoms with E-state index >= 15 is 0 Å². The van der Waals surface area contributed by atoms with Gasteiger partial charge in [-0.3, -0.25) is 5.41 Å². The molecule has 76 heavy (non-hydrogen) atoms. The zero-order valence-electron chi connectivity index (χ0n) is 41.8. The summed E-state index contributed by atoms with van der Waals surface area (Å²) in [5.41, 5.74) is 22.9. The third kappa shape index (κ3) is 7.14. The molecule has 0 fully saturated rings. The van der Waals surface area contributed by atoms with Gasteiger partial charge in [0, 0.05) is 101 Å². The quantitative estimate of drug-likeness (QED) is 0.133. The Labute approximate surface area is 439 Å². The molecule has 6 heteroatoms. The van der Waals surface area contributed by atoms with E-state index in [1.165, 1.54) is 60.1 Å². The highest BCUT2D eigenvalue weighted by Crippen LogP contribution is 2.40. The maximum absolute atomic E-state index is 9.08. The molecule has 0 radical (unpaired) electrons. The molecule has 0 spiro atoms. The van der Waals surface area contributed by atoms with Gasteiger partial charge in [0.25, 0.3) is 0 Å². The SMILES string of the molecule is C=C1/C=C(n2c3ccccc3c3ccccc32)\C=C/N(c2ccc3cc(C(=N)c4ccc5ccccc5c4N)ccc3c2)c2ccccc21.Cn1c2ccccc2c2cc(-n3c4ccccc4c4ccccc43)ccc21. The number of aryl methyl sites for hydroxylation is 1. The number of nitrogens with one attached hydrogen (secondary N) is 1. The predicted octanol–water partition coefficient (Wildman–Crippen LogP) is 17.7. The molecule has 11 aromatic carbocycles. The lowest BCUT2D eigenvalue weighted by atomic mass is 9.95. The van der Waals surface area contributed by atoms with Crippen molar-refractivity contribution in [3.63, 3.8) is 0 Å². The Hall–Kier alpha value is -10.2. The summed E-state index contributed by atoms with van der Waals surface area (Å²) in [6.07, 6.45) is 6.53. The Morgan fingerprint density at radius 1 is 0.434 bits per heavy atom. The minimum Gasteiger partial charge on any atom is -0.398 e. The number of allylic oxidation sites excluding steroid dienone is 4. The highest BCUT2D eigenvalue weighted by atomic mass is 15.1. The fourth-order valence-corrected chi connectivity index (χ4v) is 11.8. The van der Waals surface area contributed by atoms with Gasteiger partial charge in [-0.2, -0.15) is 0 Å². The first-order chi connectivity index (χ1) is 37.4. The molecule has 4 heterocycles. The zero-order chi connectivity index (χ0) is 51.0. The van der Waals surface area contributed by atoms with Gasteiger partial charge in [0.2, 0.25) is 0 Å². The Kier molecular flexibility index (Phi) is 10.4. The maximum atomic E-state index is 9.08. The summed E-state index contributed by atoms with van der Waals surface area (Å²) in [5, 5.41) is 20.9. The van der Waals surface area contributed by atoms with Crippen LogP contribution in [0.4, 0.5) is 17.1 Å². The fourth-order valence-electron chi connectivity index (χ4n) is 11.8. The molecule has 0 atom stereocenters. The van der Waals surface area contributed by atoms with Crippen LogP contribution in [0.2, 0.25) is 0 Å². The van der Waals surface area contributed by atoms with E-state index in [0.717, 1.165) is 71.9 Å². The second kappa shape index (κ2) is 17.8. The first-order valence-electron chi connectivity index (χ1n) is 25.7. The molecular weight excluding hydrogens is 925 g/mol. The highest BCUT2D eigenvalue weighted by molar-refractivity contribution is 6.19. The largest absolute Gasteiger partial charge is 0.398 e. The first kappa shape index (κ1) is 44.5. The molecule has 0 unspecified atom stereocenters. The van der Waals surface area contributed by atoms with Crippen molar-refractivity contribution in [2.45, 2.75) is 0 Å². The van der Waals surface area contributed by atoms with E-state index in [9.17, 15) is 0 Å². The lowest BCUT2D eigenvalue weighted by molar-refractivity contribution is 1.01. The molecule has 15 rings (SSSR count). The van der Waals surface area contributed by atoms with Crippen LogP contribution in [0.3, 0.4) is 0 Å². The monoisotopic (exact) mass is 974 g/mol. The molecule has 0 aliphatic carbocycles. The van der Waals surface area contributed by atoms with Gasteiger partial charge in [0.05, 0.1) is 33.5 Å². The van der Waals surface area contributed by atoms with Crippen LogP contribution >= 0.6 is 0 Å². The average molecular weight is 975 g/mol. The van der Waals surface area contributed by atoms with Crippen LogP contribution in [0.1, 0.15) is 16.7 Å². The smallest absolute Gasteiger partial charge is 0.0705 e. The first-order valence-corrected chi connectivity index (χ1v) is 25.7. The molecule has 3 aromatic heterocycles. The van der Waals surface area contributed by atoms with Gasteiger partial charge in [0.15, 0.2) is 0 Å². The summed E-state index contributed by atoms with van der Waals surface area (Å²) in [5.74, 6) is 0. The molecule has 360 valence electrons. The number of benzene rings is 11. The summed E-state index contributed by atoms with van der Waals surface area (Å²) in [6.45, 7) is 4.55. The van der Waals surface area contributed by atoms with Gasteiger partial charge in [-0.1, -0.05) is 170 Å². The third-order valence-electron chi connectivity index (χ3n) is 15.4. The molecule has 0 amide bonds. The van der Waals surface area contributed by atoms with Gasteiger partial charge in [-0.15, -0.1) is 0 Å². The van der Waals surface area contributed by atoms with Crippen LogP contribution in [-0.2, 0) is 7.05 Å². The van der Waals surface area contributed by atoms with Crippen LogP contribution in [0.25, 0.3) is 104 Å². The van der Waals surface area contributed by atoms with E-state index in [1.807, 2.05) is 42.5 Å². The number of anilines is 3. The number of fused-ring (bicyclic) bond motifs is 12. The van der Waals surface area contributed by atoms with E-state index in [-0.39, 0.29) is 0 Å². The molecule has 1 aliphatic rings. The number of hydrogen-bond acceptors (Lipinski definition) is 3. The van der Waals surface area contributed by atoms with E-state index < -0.39 is 0 Å². The Morgan fingerprint density at radius 3 is 1.61 bits per heavy atom. The van der Waals surface area contributed by atoms with Crippen molar-refractivity contribution < 1.29 is 0 Å². The third-order valence-corrected chi connectivity index (χ3v) is 15.4. The van der Waals surface area contributed by atoms with Gasteiger partial charge in [-0.25, -0.2) is 0 Å². The zero-order valence-corrected chi connectivity index (χ0v) is 41.8. The maximum Gasteiger partial charge on any atom is 0.0705 e. The van der Waals surface area contributed by atoms with Crippen molar-refractivity contribution in [2.24, 2.45) is 7.05 Å². The summed E-state index contributed by atoms with van der Waals surface area (Å²) < 4.78 is 6.99. The average Bonchev–Trinajstić information content (AvgIpc) is 4.10. The number of nitrogen functional groups attached to an aromatic ring is 1. The lowest BCUT2D eigenvalue weighted by Gasteiger charge is -2.26. The van der Waals surface area contributed by atoms with Crippen LogP contribution in [0.15, 0.2) is 262 Å². The standard InChI is InChI=1S/C45H32N4.C25H18N2/c1-29-26-35(49-42-16-8-5-13-38(42)39-14-6-9-17-43(39)49)24-25-48(41-15-7-4-11-36(29)41)34-22-20-31-27-33(19-18-32(31)28-34)44(46)40-23-21-30-10-2-3-12-37(30)45(40)47;1-26-22-11-5-2-10-20(22)21-16-17(14-15-23(21)26)27-24-12-6-3-8-18(24)19-9-4-7-13-25(19)27/h2-28,46H,1,47H2;2-16H,1H3/b25-24-,35-26+,46-44?;. The number of hydrogen-bond donors (Lipinski definition) is 2. The van der Waals surface area contributed by atoms with E-state index in [0.29, 0.717) is 11.4 Å². The number of nitrogens with zero attached hydrogens (tertiary/aromatic N) is 4. The summed E-state index contributed by atoms with van der Waals surface area (Å²) in [7, 11) is 2.14. The normalized spacial score (nSPS) is 13.8. The number of aromatic nitrogens is 3. The van der Waals surface area contributed by atoms with Crippen molar-refractivity contribution in [3.05, 3.63) is 278 Å². The number of nitrogens with two attached hydrogens (primary N) is 1. The molecular formula is C70H50N6. The predicted molar refractivity (Wildman–Crippen MR) is 323 cm³/mol. The van der Waals surface area contributed by atoms with Gasteiger partial charge in [-0.05, 0) is 107 Å². The van der Waals surface area contributed by atoms with E-state index in [4.69, 9.17) is 11.1 Å². The molecule has 3 N–H and O–H groups in total. The molecule has 0 saturated heterocycles. The van der Waals surface area contributed by atoms with Crippen molar-refractivity contribution in [1.82, 2.24) is 13.7 Å². The minimum absolute atomic E-state index is 0.415. The summed E-state index contributed by atoms with van der Waals surface area (Å²) in [4.78, 5) is 2.24. The Morgan fingerprint density at radius 2 is 0.934 bits per heavy atom. The minimum atomic E-state index is 0.415. The second-order valence-corrected chi connectivity index (χ2v) is 19.7. The number of para-hydroxylation sites is 6. The molecule has 6 nitrogen and oxygen atoms in total. The summed E-state index contributed by atoms with van der Waals surface area (Å²) >= 11 is 0. The summed E-state index contributed by atoms with van der Waals surface area (Å²) in [6, 6.07) is 83.1. The van der Waals surface area contributed by atoms with Crippen molar-refractivity contribution >= 4 is 121 Å². The molecule has 0 saturated carbocycles. The highest BCUT2D eigenvalue weighted by Gasteiger charge is 2.20. The van der Waals surface area contributed by atoms with Gasteiger partial charge in [0.1, 0.15) is 0 Å². The van der Waals surface area contributed by atoms with Crippen molar-refractivity contribution in [1.29, 1.82) is 5.41 Å². The van der Waals surface area contributed by atoms with E-state index in [2.05, 4.69) is 245 Å². The van der Waals surface area contributed by atoms with Gasteiger partial charge < -0.3 is 24.3 Å². The molecule has 14 aromatic rings. The van der Waals surface area contributed by atoms with Crippen LogP contribution in [0.5, 0.6) is 0 Å². The number of rotatable bonds is 5. The second-order valence-electron chi connectivity index (χ2n) is 19.7. The Bertz CT molecular complexity index is 4680. The molecule has 1 aliphatic heterocycles. The van der Waals surface area contributed by atoms with Crippen LogP contribution in [0, 0.1) is 5.41 Å². The van der Waals surface area contributed by atoms with E-state index in [1.54, 1.807) is 0 Å².